The minimum absolute atomic E-state index is 0.112. The molecule has 22 heavy (non-hydrogen) atoms. The van der Waals surface area contributed by atoms with Gasteiger partial charge in [0.2, 0.25) is 5.91 Å². The number of carbonyl (C=O) groups excluding carboxylic acids is 1. The Morgan fingerprint density at radius 2 is 2.27 bits per heavy atom. The van der Waals surface area contributed by atoms with E-state index >= 15 is 0 Å². The fourth-order valence-corrected chi connectivity index (χ4v) is 3.50. The molecule has 120 valence electrons. The van der Waals surface area contributed by atoms with Crippen LogP contribution in [0.4, 0.5) is 0 Å². The third-order valence-corrected chi connectivity index (χ3v) is 4.94. The van der Waals surface area contributed by atoms with Crippen molar-refractivity contribution >= 4 is 17.5 Å². The van der Waals surface area contributed by atoms with E-state index in [0.29, 0.717) is 37.1 Å². The fourth-order valence-electron chi connectivity index (χ4n) is 3.25. The third kappa shape index (κ3) is 3.80. The van der Waals surface area contributed by atoms with Gasteiger partial charge in [-0.25, -0.2) is 0 Å². The number of nitrogens with one attached hydrogen (secondary N) is 1. The van der Waals surface area contributed by atoms with Crippen LogP contribution in [0.25, 0.3) is 0 Å². The van der Waals surface area contributed by atoms with E-state index in [9.17, 15) is 4.79 Å². The number of hydrogen-bond acceptors (Lipinski definition) is 3. The Kier molecular flexibility index (Phi) is 5.34. The Labute approximate surface area is 136 Å². The molecule has 1 N–H and O–H groups in total. The molecular weight excluding hydrogens is 300 g/mol. The van der Waals surface area contributed by atoms with Crippen molar-refractivity contribution in [3.8, 4) is 0 Å². The van der Waals surface area contributed by atoms with E-state index in [-0.39, 0.29) is 12.0 Å². The summed E-state index contributed by atoms with van der Waals surface area (Å²) < 4.78 is 5.81. The van der Waals surface area contributed by atoms with Crippen LogP contribution in [0.5, 0.6) is 0 Å². The molecule has 2 saturated heterocycles. The second-order valence-corrected chi connectivity index (χ2v) is 6.53. The lowest BCUT2D eigenvalue weighted by Gasteiger charge is -2.33. The lowest BCUT2D eigenvalue weighted by molar-refractivity contribution is -0.139. The number of amides is 1. The fraction of sp³-hybridized carbons (Fsp3) is 0.588. The number of morpholine rings is 1. The molecule has 1 aromatic carbocycles. The Morgan fingerprint density at radius 3 is 3.05 bits per heavy atom. The highest BCUT2D eigenvalue weighted by atomic mass is 35.5. The second-order valence-electron chi connectivity index (χ2n) is 6.12. The predicted octanol–water partition coefficient (Wildman–Crippen LogP) is 2.63. The summed E-state index contributed by atoms with van der Waals surface area (Å²) in [5.74, 6) is 0.900. The molecule has 1 aromatic rings. The Hall–Kier alpha value is -1.10. The number of ether oxygens (including phenoxy) is 1. The van der Waals surface area contributed by atoms with Gasteiger partial charge in [-0.3, -0.25) is 4.79 Å². The highest BCUT2D eigenvalue weighted by molar-refractivity contribution is 6.31. The van der Waals surface area contributed by atoms with Gasteiger partial charge in [0.1, 0.15) is 6.10 Å². The summed E-state index contributed by atoms with van der Waals surface area (Å²) in [5.41, 5.74) is 0.974. The van der Waals surface area contributed by atoms with Crippen LogP contribution in [0.15, 0.2) is 24.3 Å². The molecule has 2 unspecified atom stereocenters. The smallest absolute Gasteiger partial charge is 0.222 e. The first-order chi connectivity index (χ1) is 10.7. The second kappa shape index (κ2) is 7.44. The number of nitrogens with zero attached hydrogens (tertiary/aromatic N) is 1. The topological polar surface area (TPSA) is 41.6 Å². The largest absolute Gasteiger partial charge is 0.370 e. The van der Waals surface area contributed by atoms with Crippen LogP contribution < -0.4 is 5.32 Å². The first kappa shape index (κ1) is 15.8. The van der Waals surface area contributed by atoms with Crippen molar-refractivity contribution in [1.82, 2.24) is 10.2 Å². The molecule has 1 amide bonds. The van der Waals surface area contributed by atoms with E-state index in [0.717, 1.165) is 25.1 Å². The Bertz CT molecular complexity index is 517. The van der Waals surface area contributed by atoms with E-state index in [1.807, 2.05) is 29.2 Å². The lowest BCUT2D eigenvalue weighted by Crippen LogP contribution is -2.42. The van der Waals surface area contributed by atoms with Crippen molar-refractivity contribution in [1.29, 1.82) is 0 Å². The van der Waals surface area contributed by atoms with E-state index < -0.39 is 0 Å². The maximum absolute atomic E-state index is 12.4. The molecule has 5 heteroatoms. The standard InChI is InChI=1S/C17H23ClN2O2/c18-15-4-2-1-3-14(15)16-12-20(9-10-22-16)17(21)6-5-13-7-8-19-11-13/h1-4,13,16,19H,5-12H2. The zero-order chi connectivity index (χ0) is 15.4. The molecule has 0 aromatic heterocycles. The van der Waals surface area contributed by atoms with Gasteiger partial charge in [-0.1, -0.05) is 29.8 Å². The molecule has 0 aliphatic carbocycles. The Morgan fingerprint density at radius 1 is 1.41 bits per heavy atom. The molecule has 0 saturated carbocycles. The van der Waals surface area contributed by atoms with Gasteiger partial charge in [0.25, 0.3) is 0 Å². The van der Waals surface area contributed by atoms with Crippen LogP contribution in [0.3, 0.4) is 0 Å². The summed E-state index contributed by atoms with van der Waals surface area (Å²) in [4.78, 5) is 14.4. The highest BCUT2D eigenvalue weighted by Gasteiger charge is 2.27. The molecule has 3 rings (SSSR count). The number of rotatable bonds is 4. The zero-order valence-electron chi connectivity index (χ0n) is 12.8. The van der Waals surface area contributed by atoms with Crippen molar-refractivity contribution in [3.05, 3.63) is 34.9 Å². The molecule has 2 aliphatic rings. The number of carbonyl (C=O) groups is 1. The van der Waals surface area contributed by atoms with Crippen molar-refractivity contribution in [2.45, 2.75) is 25.4 Å². The van der Waals surface area contributed by atoms with Gasteiger partial charge < -0.3 is 15.0 Å². The maximum Gasteiger partial charge on any atom is 0.222 e. The van der Waals surface area contributed by atoms with Gasteiger partial charge in [-0.15, -0.1) is 0 Å². The minimum Gasteiger partial charge on any atom is -0.370 e. The van der Waals surface area contributed by atoms with Gasteiger partial charge in [0.15, 0.2) is 0 Å². The van der Waals surface area contributed by atoms with Crippen LogP contribution >= 0.6 is 11.6 Å². The summed E-state index contributed by atoms with van der Waals surface area (Å²) in [6.07, 6.45) is 2.71. The van der Waals surface area contributed by atoms with Gasteiger partial charge in [-0.2, -0.15) is 0 Å². The normalized spacial score (nSPS) is 25.4. The van der Waals surface area contributed by atoms with Crippen molar-refractivity contribution in [2.75, 3.05) is 32.8 Å². The highest BCUT2D eigenvalue weighted by Crippen LogP contribution is 2.28. The molecule has 0 radical (unpaired) electrons. The van der Waals surface area contributed by atoms with Crippen LogP contribution in [-0.2, 0) is 9.53 Å². The first-order valence-electron chi connectivity index (χ1n) is 8.08. The van der Waals surface area contributed by atoms with E-state index in [2.05, 4.69) is 5.32 Å². The molecule has 2 atom stereocenters. The summed E-state index contributed by atoms with van der Waals surface area (Å²) in [6, 6.07) is 7.71. The van der Waals surface area contributed by atoms with Gasteiger partial charge in [0.05, 0.1) is 13.2 Å². The van der Waals surface area contributed by atoms with E-state index in [1.165, 1.54) is 6.42 Å². The quantitative estimate of drug-likeness (QED) is 0.926. The van der Waals surface area contributed by atoms with E-state index in [4.69, 9.17) is 16.3 Å². The predicted molar refractivity (Wildman–Crippen MR) is 86.9 cm³/mol. The number of benzene rings is 1. The molecule has 4 nitrogen and oxygen atoms in total. The summed E-state index contributed by atoms with van der Waals surface area (Å²) in [6.45, 7) is 4.00. The van der Waals surface area contributed by atoms with Gasteiger partial charge in [0, 0.05) is 23.6 Å². The number of halogens is 1. The van der Waals surface area contributed by atoms with Crippen molar-refractivity contribution in [2.24, 2.45) is 5.92 Å². The van der Waals surface area contributed by atoms with Crippen molar-refractivity contribution in [3.63, 3.8) is 0 Å². The molecular formula is C17H23ClN2O2. The summed E-state index contributed by atoms with van der Waals surface area (Å²) in [5, 5.41) is 4.06. The lowest BCUT2D eigenvalue weighted by atomic mass is 10.0. The summed E-state index contributed by atoms with van der Waals surface area (Å²) >= 11 is 6.24. The third-order valence-electron chi connectivity index (χ3n) is 4.60. The molecule has 2 fully saturated rings. The molecule has 2 heterocycles. The monoisotopic (exact) mass is 322 g/mol. The molecule has 2 aliphatic heterocycles. The first-order valence-corrected chi connectivity index (χ1v) is 8.46. The van der Waals surface area contributed by atoms with Crippen LogP contribution in [0.2, 0.25) is 5.02 Å². The van der Waals surface area contributed by atoms with Crippen LogP contribution in [0.1, 0.15) is 30.9 Å². The zero-order valence-corrected chi connectivity index (χ0v) is 13.5. The molecule has 0 spiro atoms. The van der Waals surface area contributed by atoms with Gasteiger partial charge >= 0.3 is 0 Å². The minimum atomic E-state index is -0.112. The average Bonchev–Trinajstić information content (AvgIpc) is 3.06. The average molecular weight is 323 g/mol. The number of hydrogen-bond donors (Lipinski definition) is 1. The van der Waals surface area contributed by atoms with Crippen molar-refractivity contribution < 1.29 is 9.53 Å². The molecule has 0 bridgehead atoms. The van der Waals surface area contributed by atoms with Crippen LogP contribution in [-0.4, -0.2) is 43.6 Å². The summed E-state index contributed by atoms with van der Waals surface area (Å²) in [7, 11) is 0. The SMILES string of the molecule is O=C(CCC1CCNC1)N1CCOC(c2ccccc2Cl)C1. The van der Waals surface area contributed by atoms with E-state index in [1.54, 1.807) is 0 Å². The Balaban J connectivity index is 1.55. The van der Waals surface area contributed by atoms with Gasteiger partial charge in [-0.05, 0) is 37.9 Å². The maximum atomic E-state index is 12.4. The van der Waals surface area contributed by atoms with Crippen LogP contribution in [0, 0.1) is 5.92 Å².